The Kier molecular flexibility index (Phi) is 10.6. The van der Waals surface area contributed by atoms with Gasteiger partial charge in [0, 0.05) is 33.4 Å². The van der Waals surface area contributed by atoms with E-state index in [0.29, 0.717) is 0 Å². The highest BCUT2D eigenvalue weighted by Gasteiger charge is 2.19. The van der Waals surface area contributed by atoms with Crippen LogP contribution in [0, 0.1) is 0 Å². The largest absolute Gasteiger partial charge is 0.311 e. The van der Waals surface area contributed by atoms with E-state index in [9.17, 15) is 0 Å². The number of para-hydroxylation sites is 2. The van der Waals surface area contributed by atoms with Crippen LogP contribution in [0.25, 0.3) is 94.3 Å². The molecule has 0 N–H and O–H groups in total. The molecule has 0 saturated carbocycles. The van der Waals surface area contributed by atoms with Crippen molar-refractivity contribution >= 4 is 38.9 Å². The molecule has 1 aromatic heterocycles. The highest BCUT2D eigenvalue weighted by Crippen LogP contribution is 2.42. The molecule has 0 atom stereocenters. The van der Waals surface area contributed by atoms with Gasteiger partial charge in [0.1, 0.15) is 0 Å². The van der Waals surface area contributed by atoms with Gasteiger partial charge in [-0.15, -0.1) is 0 Å². The van der Waals surface area contributed by atoms with E-state index < -0.39 is 0 Å². The molecule has 0 unspecified atom stereocenters. The fraction of sp³-hybridized carbons (Fsp3) is 0. The van der Waals surface area contributed by atoms with Gasteiger partial charge >= 0.3 is 0 Å². The predicted octanol–water partition coefficient (Wildman–Crippen LogP) is 18.3. The zero-order valence-corrected chi connectivity index (χ0v) is 37.5. The summed E-state index contributed by atoms with van der Waals surface area (Å²) in [4.78, 5) is 2.35. The lowest BCUT2D eigenvalue weighted by molar-refractivity contribution is 1.18. The first-order valence-electron chi connectivity index (χ1n) is 23.3. The second kappa shape index (κ2) is 17.8. The van der Waals surface area contributed by atoms with Crippen LogP contribution >= 0.6 is 0 Å². The Balaban J connectivity index is 0.862. The molecular formula is C66H46N2. The molecule has 11 aromatic carbocycles. The lowest BCUT2D eigenvalue weighted by Crippen LogP contribution is -2.09. The van der Waals surface area contributed by atoms with Crippen molar-refractivity contribution < 1.29 is 0 Å². The van der Waals surface area contributed by atoms with Crippen molar-refractivity contribution in [2.45, 2.75) is 0 Å². The highest BCUT2D eigenvalue weighted by atomic mass is 15.1. The molecule has 0 aliphatic rings. The second-order valence-corrected chi connectivity index (χ2v) is 17.3. The first kappa shape index (κ1) is 40.5. The van der Waals surface area contributed by atoms with Crippen molar-refractivity contribution in [1.82, 2.24) is 4.57 Å². The summed E-state index contributed by atoms with van der Waals surface area (Å²) in [5.41, 5.74) is 21.2. The van der Waals surface area contributed by atoms with Gasteiger partial charge in [-0.25, -0.2) is 0 Å². The molecule has 0 aliphatic heterocycles. The summed E-state index contributed by atoms with van der Waals surface area (Å²) in [7, 11) is 0. The zero-order valence-electron chi connectivity index (χ0n) is 37.5. The van der Waals surface area contributed by atoms with E-state index in [4.69, 9.17) is 0 Å². The number of hydrogen-bond donors (Lipinski definition) is 0. The SMILES string of the molecule is c1ccc(-c2ccc(-c3ccc(N(c4ccc(-c5ccccc5)cc4)c4ccc(-c5ccc(-c6ccccc6-n6c7ccccc7c7c(-c8ccccc8)cccc76)cc5)cc4)cc3)cc2)cc1. The Labute approximate surface area is 397 Å². The third-order valence-electron chi connectivity index (χ3n) is 13.3. The van der Waals surface area contributed by atoms with E-state index in [1.54, 1.807) is 0 Å². The molecule has 0 fully saturated rings. The summed E-state index contributed by atoms with van der Waals surface area (Å²) >= 11 is 0. The van der Waals surface area contributed by atoms with Crippen molar-refractivity contribution in [3.8, 4) is 72.4 Å². The number of anilines is 3. The molecule has 320 valence electrons. The van der Waals surface area contributed by atoms with Crippen molar-refractivity contribution in [2.24, 2.45) is 0 Å². The molecular weight excluding hydrogens is 821 g/mol. The van der Waals surface area contributed by atoms with E-state index in [1.165, 1.54) is 83.0 Å². The molecule has 0 aliphatic carbocycles. The van der Waals surface area contributed by atoms with Crippen LogP contribution in [0.15, 0.2) is 279 Å². The van der Waals surface area contributed by atoms with E-state index >= 15 is 0 Å². The van der Waals surface area contributed by atoms with Gasteiger partial charge in [0.15, 0.2) is 0 Å². The Hall–Kier alpha value is -8.98. The van der Waals surface area contributed by atoms with Gasteiger partial charge < -0.3 is 9.47 Å². The molecule has 0 saturated heterocycles. The molecule has 0 bridgehead atoms. The van der Waals surface area contributed by atoms with Crippen LogP contribution in [0.1, 0.15) is 0 Å². The Bertz CT molecular complexity index is 3650. The van der Waals surface area contributed by atoms with Crippen LogP contribution in [-0.2, 0) is 0 Å². The monoisotopic (exact) mass is 866 g/mol. The number of hydrogen-bond acceptors (Lipinski definition) is 1. The maximum Gasteiger partial charge on any atom is 0.0547 e. The van der Waals surface area contributed by atoms with Crippen LogP contribution < -0.4 is 4.90 Å². The number of rotatable bonds is 10. The van der Waals surface area contributed by atoms with Gasteiger partial charge in [-0.05, 0) is 116 Å². The average Bonchev–Trinajstić information content (AvgIpc) is 3.77. The molecule has 12 aromatic rings. The van der Waals surface area contributed by atoms with Crippen molar-refractivity contribution in [2.75, 3.05) is 4.90 Å². The topological polar surface area (TPSA) is 8.17 Å². The van der Waals surface area contributed by atoms with E-state index in [-0.39, 0.29) is 0 Å². The van der Waals surface area contributed by atoms with Crippen molar-refractivity contribution in [3.05, 3.63) is 279 Å². The smallest absolute Gasteiger partial charge is 0.0547 e. The Morgan fingerprint density at radius 2 is 0.544 bits per heavy atom. The van der Waals surface area contributed by atoms with Gasteiger partial charge in [0.25, 0.3) is 0 Å². The van der Waals surface area contributed by atoms with Gasteiger partial charge in [-0.1, -0.05) is 224 Å². The van der Waals surface area contributed by atoms with Gasteiger partial charge in [-0.3, -0.25) is 0 Å². The van der Waals surface area contributed by atoms with Gasteiger partial charge in [-0.2, -0.15) is 0 Å². The molecule has 2 heteroatoms. The lowest BCUT2D eigenvalue weighted by atomic mass is 9.98. The minimum atomic E-state index is 1.09. The minimum Gasteiger partial charge on any atom is -0.311 e. The quantitative estimate of drug-likeness (QED) is 0.133. The van der Waals surface area contributed by atoms with E-state index in [2.05, 4.69) is 289 Å². The van der Waals surface area contributed by atoms with E-state index in [1.807, 2.05) is 0 Å². The predicted molar refractivity (Wildman–Crippen MR) is 288 cm³/mol. The van der Waals surface area contributed by atoms with Crippen LogP contribution in [0.2, 0.25) is 0 Å². The lowest BCUT2D eigenvalue weighted by Gasteiger charge is -2.26. The molecule has 12 rings (SSSR count). The number of benzene rings is 11. The summed E-state index contributed by atoms with van der Waals surface area (Å²) in [5, 5.41) is 2.52. The fourth-order valence-corrected chi connectivity index (χ4v) is 9.86. The molecule has 0 radical (unpaired) electrons. The Morgan fingerprint density at radius 1 is 0.221 bits per heavy atom. The van der Waals surface area contributed by atoms with Crippen LogP contribution in [0.3, 0.4) is 0 Å². The van der Waals surface area contributed by atoms with E-state index in [0.717, 1.165) is 28.3 Å². The minimum absolute atomic E-state index is 1.09. The summed E-state index contributed by atoms with van der Waals surface area (Å²) in [5.74, 6) is 0. The fourth-order valence-electron chi connectivity index (χ4n) is 9.86. The number of fused-ring (bicyclic) bond motifs is 3. The third kappa shape index (κ3) is 7.64. The summed E-state index contributed by atoms with van der Waals surface area (Å²) < 4.78 is 2.44. The third-order valence-corrected chi connectivity index (χ3v) is 13.3. The average molecular weight is 867 g/mol. The van der Waals surface area contributed by atoms with Crippen LogP contribution in [0.5, 0.6) is 0 Å². The zero-order chi connectivity index (χ0) is 45.2. The molecule has 68 heavy (non-hydrogen) atoms. The van der Waals surface area contributed by atoms with Crippen LogP contribution in [-0.4, -0.2) is 4.57 Å². The summed E-state index contributed by atoms with van der Waals surface area (Å²) in [6.45, 7) is 0. The van der Waals surface area contributed by atoms with Gasteiger partial charge in [0.05, 0.1) is 16.7 Å². The van der Waals surface area contributed by atoms with Crippen LogP contribution in [0.4, 0.5) is 17.1 Å². The first-order chi connectivity index (χ1) is 33.7. The summed E-state index contributed by atoms with van der Waals surface area (Å²) in [6.07, 6.45) is 0. The summed E-state index contributed by atoms with van der Waals surface area (Å²) in [6, 6.07) is 101. The second-order valence-electron chi connectivity index (χ2n) is 17.3. The maximum absolute atomic E-state index is 2.44. The highest BCUT2D eigenvalue weighted by molar-refractivity contribution is 6.16. The van der Waals surface area contributed by atoms with Gasteiger partial charge in [0.2, 0.25) is 0 Å². The number of aromatic nitrogens is 1. The number of nitrogens with zero attached hydrogens (tertiary/aromatic N) is 2. The molecule has 0 spiro atoms. The first-order valence-corrected chi connectivity index (χ1v) is 23.3. The molecule has 2 nitrogen and oxygen atoms in total. The van der Waals surface area contributed by atoms with Crippen molar-refractivity contribution in [1.29, 1.82) is 0 Å². The maximum atomic E-state index is 2.44. The molecule has 0 amide bonds. The molecule has 1 heterocycles. The van der Waals surface area contributed by atoms with Crippen molar-refractivity contribution in [3.63, 3.8) is 0 Å². The normalized spacial score (nSPS) is 11.2. The standard InChI is InChI=1S/C66H46N2/c1-4-15-47(16-5-1)49-27-29-50(30-28-49)53-37-43-58(44-38-53)67(57-41-35-52(36-42-57)48-17-6-2-7-18-48)59-45-39-54(40-46-59)51-31-33-56(34-32-51)60-21-10-12-24-63(60)68-64-25-13-11-22-62(64)66-61(23-14-26-65(66)68)55-19-8-3-9-20-55/h1-46H. The Morgan fingerprint density at radius 3 is 1.03 bits per heavy atom.